The minimum absolute atomic E-state index is 0.0712. The molecule has 17 heavy (non-hydrogen) atoms. The van der Waals surface area contributed by atoms with Gasteiger partial charge in [0.2, 0.25) is 0 Å². The Morgan fingerprint density at radius 2 is 1.12 bits per heavy atom. The number of aliphatic hydroxyl groups excluding tert-OH is 1. The zero-order valence-electron chi connectivity index (χ0n) is 11.4. The molecule has 0 radical (unpaired) electrons. The zero-order valence-corrected chi connectivity index (χ0v) is 11.4. The van der Waals surface area contributed by atoms with Gasteiger partial charge in [-0.15, -0.1) is 13.2 Å². The van der Waals surface area contributed by atoms with Crippen LogP contribution in [0, 0.1) is 0 Å². The van der Waals surface area contributed by atoms with Crippen molar-refractivity contribution < 1.29 is 5.11 Å². The number of rotatable bonds is 13. The number of hydrogen-bond donors (Lipinski definition) is 1. The van der Waals surface area contributed by atoms with Crippen LogP contribution < -0.4 is 0 Å². The van der Waals surface area contributed by atoms with Crippen molar-refractivity contribution in [2.24, 2.45) is 0 Å². The zero-order chi connectivity index (χ0) is 12.8. The Morgan fingerprint density at radius 1 is 0.706 bits per heavy atom. The molecule has 0 fully saturated rings. The molecule has 1 N–H and O–H groups in total. The average Bonchev–Trinajstić information content (AvgIpc) is 2.33. The van der Waals surface area contributed by atoms with E-state index in [9.17, 15) is 5.11 Å². The third kappa shape index (κ3) is 13.4. The standard InChI is InChI=1S/C16H30O/c1-3-5-7-9-11-13-15-16(17)14-12-10-8-6-4-2/h3-4,16-17H,1-2,5-15H2. The molecule has 0 aromatic rings. The van der Waals surface area contributed by atoms with Crippen LogP contribution >= 0.6 is 0 Å². The third-order valence-corrected chi connectivity index (χ3v) is 3.14. The summed E-state index contributed by atoms with van der Waals surface area (Å²) >= 11 is 0. The summed E-state index contributed by atoms with van der Waals surface area (Å²) in [5, 5.41) is 9.77. The fourth-order valence-corrected chi connectivity index (χ4v) is 2.01. The quantitative estimate of drug-likeness (QED) is 0.353. The first kappa shape index (κ1) is 16.4. The largest absolute Gasteiger partial charge is 0.393 e. The Hall–Kier alpha value is -0.560. The highest BCUT2D eigenvalue weighted by Gasteiger charge is 2.03. The lowest BCUT2D eigenvalue weighted by atomic mass is 10.0. The monoisotopic (exact) mass is 238 g/mol. The SMILES string of the molecule is C=CCCCCCCC(O)CCCCCC=C. The van der Waals surface area contributed by atoms with Crippen LogP contribution in [0.4, 0.5) is 0 Å². The summed E-state index contributed by atoms with van der Waals surface area (Å²) in [7, 11) is 0. The molecule has 0 spiro atoms. The average molecular weight is 238 g/mol. The van der Waals surface area contributed by atoms with Crippen LogP contribution in [-0.4, -0.2) is 11.2 Å². The molecule has 0 aliphatic carbocycles. The maximum Gasteiger partial charge on any atom is 0.0540 e. The van der Waals surface area contributed by atoms with E-state index in [1.807, 2.05) is 12.2 Å². The van der Waals surface area contributed by atoms with Gasteiger partial charge < -0.3 is 5.11 Å². The molecule has 100 valence electrons. The molecular weight excluding hydrogens is 208 g/mol. The molecule has 0 rings (SSSR count). The number of allylic oxidation sites excluding steroid dienone is 2. The van der Waals surface area contributed by atoms with E-state index in [4.69, 9.17) is 0 Å². The van der Waals surface area contributed by atoms with Crippen LogP contribution in [0.25, 0.3) is 0 Å². The van der Waals surface area contributed by atoms with E-state index in [1.165, 1.54) is 38.5 Å². The maximum atomic E-state index is 9.77. The van der Waals surface area contributed by atoms with Crippen molar-refractivity contribution in [1.29, 1.82) is 0 Å². The molecule has 0 bridgehead atoms. The van der Waals surface area contributed by atoms with Gasteiger partial charge in [-0.2, -0.15) is 0 Å². The van der Waals surface area contributed by atoms with Gasteiger partial charge in [-0.25, -0.2) is 0 Å². The predicted octanol–water partition coefficient (Wildman–Crippen LogP) is 5.01. The molecule has 1 nitrogen and oxygen atoms in total. The third-order valence-electron chi connectivity index (χ3n) is 3.14. The molecule has 0 saturated heterocycles. The molecule has 0 aliphatic rings. The lowest BCUT2D eigenvalue weighted by Gasteiger charge is -2.09. The van der Waals surface area contributed by atoms with E-state index in [1.54, 1.807) is 0 Å². The van der Waals surface area contributed by atoms with Crippen LogP contribution in [-0.2, 0) is 0 Å². The van der Waals surface area contributed by atoms with Crippen LogP contribution in [0.3, 0.4) is 0 Å². The van der Waals surface area contributed by atoms with Crippen molar-refractivity contribution in [3.63, 3.8) is 0 Å². The number of hydrogen-bond acceptors (Lipinski definition) is 1. The van der Waals surface area contributed by atoms with Crippen molar-refractivity contribution in [2.45, 2.75) is 76.7 Å². The lowest BCUT2D eigenvalue weighted by molar-refractivity contribution is 0.147. The summed E-state index contributed by atoms with van der Waals surface area (Å²) in [6.07, 6.45) is 16.6. The van der Waals surface area contributed by atoms with Gasteiger partial charge in [-0.1, -0.05) is 44.3 Å². The lowest BCUT2D eigenvalue weighted by Crippen LogP contribution is -2.05. The normalized spacial score (nSPS) is 12.3. The summed E-state index contributed by atoms with van der Waals surface area (Å²) in [5.74, 6) is 0. The second kappa shape index (κ2) is 13.5. The van der Waals surface area contributed by atoms with E-state index in [-0.39, 0.29) is 6.10 Å². The molecule has 0 saturated carbocycles. The highest BCUT2D eigenvalue weighted by Crippen LogP contribution is 2.12. The Morgan fingerprint density at radius 3 is 1.59 bits per heavy atom. The molecule has 0 aliphatic heterocycles. The van der Waals surface area contributed by atoms with Gasteiger partial charge in [-0.05, 0) is 38.5 Å². The Balaban J connectivity index is 3.14. The molecule has 1 atom stereocenters. The topological polar surface area (TPSA) is 20.2 Å². The Bertz CT molecular complexity index is 174. The van der Waals surface area contributed by atoms with Gasteiger partial charge >= 0.3 is 0 Å². The minimum atomic E-state index is -0.0712. The van der Waals surface area contributed by atoms with E-state index in [0.29, 0.717) is 0 Å². The van der Waals surface area contributed by atoms with E-state index < -0.39 is 0 Å². The summed E-state index contributed by atoms with van der Waals surface area (Å²) in [6.45, 7) is 7.42. The van der Waals surface area contributed by atoms with Gasteiger partial charge in [0.05, 0.1) is 6.10 Å². The summed E-state index contributed by atoms with van der Waals surface area (Å²) in [6, 6.07) is 0. The van der Waals surface area contributed by atoms with Crippen LogP contribution in [0.2, 0.25) is 0 Å². The van der Waals surface area contributed by atoms with Gasteiger partial charge in [0, 0.05) is 0 Å². The van der Waals surface area contributed by atoms with Crippen molar-refractivity contribution in [1.82, 2.24) is 0 Å². The summed E-state index contributed by atoms with van der Waals surface area (Å²) in [5.41, 5.74) is 0. The molecule has 0 heterocycles. The first-order valence-electron chi connectivity index (χ1n) is 7.21. The summed E-state index contributed by atoms with van der Waals surface area (Å²) in [4.78, 5) is 0. The van der Waals surface area contributed by atoms with Crippen molar-refractivity contribution in [3.05, 3.63) is 25.3 Å². The van der Waals surface area contributed by atoms with E-state index >= 15 is 0 Å². The molecule has 0 aromatic heterocycles. The summed E-state index contributed by atoms with van der Waals surface area (Å²) < 4.78 is 0. The van der Waals surface area contributed by atoms with Gasteiger partial charge in [-0.3, -0.25) is 0 Å². The van der Waals surface area contributed by atoms with E-state index in [0.717, 1.165) is 32.1 Å². The highest BCUT2D eigenvalue weighted by atomic mass is 16.3. The van der Waals surface area contributed by atoms with E-state index in [2.05, 4.69) is 13.2 Å². The fourth-order valence-electron chi connectivity index (χ4n) is 2.01. The van der Waals surface area contributed by atoms with Gasteiger partial charge in [0.15, 0.2) is 0 Å². The van der Waals surface area contributed by atoms with Crippen molar-refractivity contribution >= 4 is 0 Å². The highest BCUT2D eigenvalue weighted by molar-refractivity contribution is 4.67. The molecule has 0 amide bonds. The van der Waals surface area contributed by atoms with Crippen LogP contribution in [0.5, 0.6) is 0 Å². The van der Waals surface area contributed by atoms with Gasteiger partial charge in [0.1, 0.15) is 0 Å². The molecule has 1 heteroatoms. The Kier molecular flexibility index (Phi) is 13.1. The number of aliphatic hydroxyl groups is 1. The first-order valence-corrected chi connectivity index (χ1v) is 7.21. The second-order valence-corrected chi connectivity index (χ2v) is 4.86. The van der Waals surface area contributed by atoms with Crippen molar-refractivity contribution in [2.75, 3.05) is 0 Å². The number of unbranched alkanes of at least 4 members (excludes halogenated alkanes) is 7. The second-order valence-electron chi connectivity index (χ2n) is 4.86. The molecular formula is C16H30O. The van der Waals surface area contributed by atoms with Crippen LogP contribution in [0.1, 0.15) is 70.6 Å². The van der Waals surface area contributed by atoms with Crippen LogP contribution in [0.15, 0.2) is 25.3 Å². The smallest absolute Gasteiger partial charge is 0.0540 e. The maximum absolute atomic E-state index is 9.77. The predicted molar refractivity (Wildman–Crippen MR) is 77.2 cm³/mol. The molecule has 1 unspecified atom stereocenters. The van der Waals surface area contributed by atoms with Gasteiger partial charge in [0.25, 0.3) is 0 Å². The first-order chi connectivity index (χ1) is 8.31. The Labute approximate surface area is 108 Å². The minimum Gasteiger partial charge on any atom is -0.393 e. The molecule has 0 aromatic carbocycles. The fraction of sp³-hybridized carbons (Fsp3) is 0.750. The van der Waals surface area contributed by atoms with Crippen molar-refractivity contribution in [3.8, 4) is 0 Å².